The summed E-state index contributed by atoms with van der Waals surface area (Å²) in [7, 11) is 1.58. The molecule has 0 heterocycles. The Balaban J connectivity index is 2.14. The number of ether oxygens (including phenoxy) is 1. The second kappa shape index (κ2) is 6.50. The summed E-state index contributed by atoms with van der Waals surface area (Å²) in [6.07, 6.45) is 0.228. The summed E-state index contributed by atoms with van der Waals surface area (Å²) < 4.78 is 5.24. The quantitative estimate of drug-likeness (QED) is 0.851. The molecule has 4 nitrogen and oxygen atoms in total. The van der Waals surface area contributed by atoms with E-state index in [0.717, 1.165) is 11.1 Å². The van der Waals surface area contributed by atoms with E-state index in [1.807, 2.05) is 31.2 Å². The number of carbonyl (C=O) groups excluding carboxylic acids is 1. The van der Waals surface area contributed by atoms with Gasteiger partial charge in [-0.1, -0.05) is 29.8 Å². The maximum atomic E-state index is 12.2. The van der Waals surface area contributed by atoms with E-state index in [9.17, 15) is 4.79 Å². The lowest BCUT2D eigenvalue weighted by Crippen LogP contribution is -2.15. The molecule has 2 rings (SSSR count). The predicted octanol–water partition coefficient (Wildman–Crippen LogP) is 3.42. The van der Waals surface area contributed by atoms with Gasteiger partial charge in [0, 0.05) is 11.3 Å². The van der Waals surface area contributed by atoms with E-state index in [1.165, 1.54) is 0 Å². The van der Waals surface area contributed by atoms with Crippen molar-refractivity contribution in [3.05, 3.63) is 52.5 Å². The standard InChI is InChI=1S/C16H17ClN2O2/c1-10-7-13(18)12(17)9-14(10)19-16(20)8-11-5-3-4-6-15(11)21-2/h3-7,9H,8,18H2,1-2H3,(H,19,20). The highest BCUT2D eigenvalue weighted by molar-refractivity contribution is 6.33. The van der Waals surface area contributed by atoms with Gasteiger partial charge >= 0.3 is 0 Å². The molecule has 0 radical (unpaired) electrons. The lowest BCUT2D eigenvalue weighted by atomic mass is 10.1. The highest BCUT2D eigenvalue weighted by Gasteiger charge is 2.11. The first-order chi connectivity index (χ1) is 10.0. The van der Waals surface area contributed by atoms with Crippen LogP contribution in [0.4, 0.5) is 11.4 Å². The molecule has 0 aliphatic rings. The first-order valence-electron chi connectivity index (χ1n) is 6.48. The number of amides is 1. The van der Waals surface area contributed by atoms with Crippen molar-refractivity contribution in [2.24, 2.45) is 0 Å². The van der Waals surface area contributed by atoms with E-state index in [0.29, 0.717) is 22.1 Å². The van der Waals surface area contributed by atoms with Gasteiger partial charge in [-0.3, -0.25) is 4.79 Å². The zero-order chi connectivity index (χ0) is 15.4. The van der Waals surface area contributed by atoms with Gasteiger partial charge in [-0.2, -0.15) is 0 Å². The number of carbonyl (C=O) groups is 1. The van der Waals surface area contributed by atoms with Crippen LogP contribution in [0.5, 0.6) is 5.75 Å². The Hall–Kier alpha value is -2.20. The van der Waals surface area contributed by atoms with Gasteiger partial charge in [-0.15, -0.1) is 0 Å². The van der Waals surface area contributed by atoms with E-state index in [-0.39, 0.29) is 12.3 Å². The molecule has 0 bridgehead atoms. The second-order valence-electron chi connectivity index (χ2n) is 4.73. The number of nitrogens with two attached hydrogens (primary N) is 1. The van der Waals surface area contributed by atoms with Crippen LogP contribution >= 0.6 is 11.6 Å². The van der Waals surface area contributed by atoms with E-state index in [1.54, 1.807) is 19.2 Å². The minimum absolute atomic E-state index is 0.136. The Labute approximate surface area is 128 Å². The minimum atomic E-state index is -0.136. The van der Waals surface area contributed by atoms with Gasteiger partial charge in [-0.05, 0) is 30.7 Å². The molecule has 0 fully saturated rings. The molecule has 2 aromatic carbocycles. The zero-order valence-corrected chi connectivity index (χ0v) is 12.7. The van der Waals surface area contributed by atoms with Crippen LogP contribution in [0.1, 0.15) is 11.1 Å². The van der Waals surface area contributed by atoms with Gasteiger partial charge in [0.15, 0.2) is 0 Å². The molecule has 0 aliphatic heterocycles. The molecular weight excluding hydrogens is 288 g/mol. The van der Waals surface area contributed by atoms with Crippen molar-refractivity contribution < 1.29 is 9.53 Å². The van der Waals surface area contributed by atoms with E-state index >= 15 is 0 Å². The summed E-state index contributed by atoms with van der Waals surface area (Å²) in [5.41, 5.74) is 8.58. The number of anilines is 2. The van der Waals surface area contributed by atoms with Crippen molar-refractivity contribution >= 4 is 28.9 Å². The van der Waals surface area contributed by atoms with E-state index < -0.39 is 0 Å². The number of aryl methyl sites for hydroxylation is 1. The van der Waals surface area contributed by atoms with E-state index in [4.69, 9.17) is 22.1 Å². The van der Waals surface area contributed by atoms with Crippen LogP contribution in [0.25, 0.3) is 0 Å². The molecular formula is C16H17ClN2O2. The summed E-state index contributed by atoms with van der Waals surface area (Å²) in [5.74, 6) is 0.558. The van der Waals surface area contributed by atoms with Crippen LogP contribution in [-0.4, -0.2) is 13.0 Å². The van der Waals surface area contributed by atoms with Crippen LogP contribution in [0, 0.1) is 6.92 Å². The highest BCUT2D eigenvalue weighted by Crippen LogP contribution is 2.27. The number of halogens is 1. The average molecular weight is 305 g/mol. The zero-order valence-electron chi connectivity index (χ0n) is 11.9. The fraction of sp³-hybridized carbons (Fsp3) is 0.188. The number of rotatable bonds is 4. The molecule has 5 heteroatoms. The highest BCUT2D eigenvalue weighted by atomic mass is 35.5. The lowest BCUT2D eigenvalue weighted by molar-refractivity contribution is -0.115. The summed E-state index contributed by atoms with van der Waals surface area (Å²) in [4.78, 5) is 12.2. The normalized spacial score (nSPS) is 10.2. The van der Waals surface area contributed by atoms with Gasteiger partial charge in [0.1, 0.15) is 5.75 Å². The molecule has 0 spiro atoms. The van der Waals surface area contributed by atoms with E-state index in [2.05, 4.69) is 5.32 Å². The van der Waals surface area contributed by atoms with Gasteiger partial charge < -0.3 is 15.8 Å². The number of nitrogens with one attached hydrogen (secondary N) is 1. The molecule has 0 saturated carbocycles. The SMILES string of the molecule is COc1ccccc1CC(=O)Nc1cc(Cl)c(N)cc1C. The lowest BCUT2D eigenvalue weighted by Gasteiger charge is -2.12. The number of hydrogen-bond acceptors (Lipinski definition) is 3. The Morgan fingerprint density at radius 2 is 2.05 bits per heavy atom. The van der Waals surface area contributed by atoms with Crippen LogP contribution < -0.4 is 15.8 Å². The first kappa shape index (κ1) is 15.2. The third-order valence-electron chi connectivity index (χ3n) is 3.16. The molecule has 1 amide bonds. The van der Waals surface area contributed by atoms with Crippen molar-refractivity contribution in [2.75, 3.05) is 18.2 Å². The Morgan fingerprint density at radius 3 is 2.76 bits per heavy atom. The number of methoxy groups -OCH3 is 1. The molecule has 0 saturated heterocycles. The summed E-state index contributed by atoms with van der Waals surface area (Å²) in [6, 6.07) is 10.8. The maximum Gasteiger partial charge on any atom is 0.228 e. The Kier molecular flexibility index (Phi) is 4.70. The third kappa shape index (κ3) is 3.67. The topological polar surface area (TPSA) is 64.3 Å². The fourth-order valence-electron chi connectivity index (χ4n) is 2.05. The molecule has 110 valence electrons. The molecule has 0 atom stereocenters. The van der Waals surface area contributed by atoms with Gasteiger partial charge in [0.05, 0.1) is 24.2 Å². The molecule has 0 aromatic heterocycles. The number of hydrogen-bond donors (Lipinski definition) is 2. The monoisotopic (exact) mass is 304 g/mol. The van der Waals surface area contributed by atoms with Crippen LogP contribution in [-0.2, 0) is 11.2 Å². The summed E-state index contributed by atoms with van der Waals surface area (Å²) in [6.45, 7) is 1.87. The largest absolute Gasteiger partial charge is 0.496 e. The third-order valence-corrected chi connectivity index (χ3v) is 3.49. The average Bonchev–Trinajstić information content (AvgIpc) is 2.45. The van der Waals surface area contributed by atoms with Crippen LogP contribution in [0.3, 0.4) is 0 Å². The van der Waals surface area contributed by atoms with Gasteiger partial charge in [-0.25, -0.2) is 0 Å². The van der Waals surface area contributed by atoms with Crippen molar-refractivity contribution in [1.29, 1.82) is 0 Å². The maximum absolute atomic E-state index is 12.2. The van der Waals surface area contributed by atoms with Crippen LogP contribution in [0.15, 0.2) is 36.4 Å². The van der Waals surface area contributed by atoms with Crippen molar-refractivity contribution in [3.63, 3.8) is 0 Å². The smallest absolute Gasteiger partial charge is 0.228 e. The number of benzene rings is 2. The molecule has 3 N–H and O–H groups in total. The van der Waals surface area contributed by atoms with Crippen molar-refractivity contribution in [1.82, 2.24) is 0 Å². The Morgan fingerprint density at radius 1 is 1.33 bits per heavy atom. The van der Waals surface area contributed by atoms with Crippen molar-refractivity contribution in [3.8, 4) is 5.75 Å². The second-order valence-corrected chi connectivity index (χ2v) is 5.13. The van der Waals surface area contributed by atoms with Crippen LogP contribution in [0.2, 0.25) is 5.02 Å². The van der Waals surface area contributed by atoms with Crippen molar-refractivity contribution in [2.45, 2.75) is 13.3 Å². The number of nitrogen functional groups attached to an aromatic ring is 1. The molecule has 0 aliphatic carbocycles. The van der Waals surface area contributed by atoms with Gasteiger partial charge in [0.2, 0.25) is 5.91 Å². The first-order valence-corrected chi connectivity index (χ1v) is 6.86. The summed E-state index contributed by atoms with van der Waals surface area (Å²) in [5, 5.41) is 3.27. The van der Waals surface area contributed by atoms with Gasteiger partial charge in [0.25, 0.3) is 0 Å². The Bertz CT molecular complexity index is 671. The minimum Gasteiger partial charge on any atom is -0.496 e. The predicted molar refractivity (Wildman–Crippen MR) is 85.9 cm³/mol. The summed E-state index contributed by atoms with van der Waals surface area (Å²) >= 11 is 5.98. The molecule has 0 unspecified atom stereocenters. The molecule has 21 heavy (non-hydrogen) atoms. The fourth-order valence-corrected chi connectivity index (χ4v) is 2.22. The number of para-hydroxylation sites is 1. The molecule has 2 aromatic rings.